The van der Waals surface area contributed by atoms with Crippen molar-refractivity contribution in [3.8, 4) is 0 Å². The van der Waals surface area contributed by atoms with E-state index < -0.39 is 0 Å². The highest BCUT2D eigenvalue weighted by molar-refractivity contribution is 5.81. The lowest BCUT2D eigenvalue weighted by atomic mass is 10.1. The molecule has 0 spiro atoms. The molecule has 4 nitrogen and oxygen atoms in total. The highest BCUT2D eigenvalue weighted by Gasteiger charge is 2.20. The fourth-order valence-electron chi connectivity index (χ4n) is 1.82. The smallest absolute Gasteiger partial charge is 0.329 e. The first-order valence-corrected chi connectivity index (χ1v) is 5.75. The maximum Gasteiger partial charge on any atom is 0.329 e. The van der Waals surface area contributed by atoms with E-state index in [0.717, 1.165) is 12.0 Å². The highest BCUT2D eigenvalue weighted by atomic mass is 16.7. The zero-order valence-electron chi connectivity index (χ0n) is 9.59. The second-order valence-corrected chi connectivity index (χ2v) is 4.13. The van der Waals surface area contributed by atoms with E-state index in [1.807, 2.05) is 30.3 Å². The number of carbonyl (C=O) groups is 2. The van der Waals surface area contributed by atoms with Crippen LogP contribution in [0.3, 0.4) is 0 Å². The summed E-state index contributed by atoms with van der Waals surface area (Å²) in [5, 5.41) is 1.46. The average molecular weight is 233 g/mol. The minimum Gasteiger partial charge on any atom is -0.367 e. The molecular formula is C13H15NO3. The number of benzene rings is 1. The summed E-state index contributed by atoms with van der Waals surface area (Å²) in [5.74, 6) is -0.185. The Bertz CT molecular complexity index is 402. The second kappa shape index (κ2) is 5.59. The summed E-state index contributed by atoms with van der Waals surface area (Å²) >= 11 is 0. The molecule has 0 radical (unpaired) electrons. The van der Waals surface area contributed by atoms with Gasteiger partial charge in [-0.15, -0.1) is 5.06 Å². The zero-order valence-corrected chi connectivity index (χ0v) is 9.59. The molecule has 1 aliphatic heterocycles. The van der Waals surface area contributed by atoms with Crippen LogP contribution >= 0.6 is 0 Å². The van der Waals surface area contributed by atoms with Crippen molar-refractivity contribution >= 4 is 11.8 Å². The first kappa shape index (κ1) is 11.8. The monoisotopic (exact) mass is 233 g/mol. The Balaban J connectivity index is 1.83. The Hall–Kier alpha value is -1.68. The molecule has 0 aliphatic carbocycles. The summed E-state index contributed by atoms with van der Waals surface area (Å²) in [7, 11) is 0. The van der Waals surface area contributed by atoms with Crippen LogP contribution in [-0.4, -0.2) is 29.9 Å². The highest BCUT2D eigenvalue weighted by Crippen LogP contribution is 2.08. The number of rotatable bonds is 3. The Morgan fingerprint density at radius 1 is 1.29 bits per heavy atom. The number of ketones is 1. The molecule has 4 heteroatoms. The standard InChI is InChI=1S/C13H15NO3/c15-12-7-4-8-14(10-12)17-13(16)9-11-5-2-1-3-6-11/h1-3,5-6H,4,7-10H2. The fourth-order valence-corrected chi connectivity index (χ4v) is 1.82. The average Bonchev–Trinajstić information content (AvgIpc) is 2.30. The van der Waals surface area contributed by atoms with Crippen molar-refractivity contribution in [3.63, 3.8) is 0 Å². The van der Waals surface area contributed by atoms with E-state index in [1.165, 1.54) is 5.06 Å². The Morgan fingerprint density at radius 3 is 2.76 bits per heavy atom. The minimum atomic E-state index is -0.314. The van der Waals surface area contributed by atoms with E-state index in [1.54, 1.807) is 0 Å². The Kier molecular flexibility index (Phi) is 3.88. The van der Waals surface area contributed by atoms with E-state index in [4.69, 9.17) is 4.84 Å². The minimum absolute atomic E-state index is 0.128. The predicted molar refractivity (Wildman–Crippen MR) is 62.1 cm³/mol. The SMILES string of the molecule is O=C1CCCN(OC(=O)Cc2ccccc2)C1. The van der Waals surface area contributed by atoms with Gasteiger partial charge in [0.25, 0.3) is 0 Å². The van der Waals surface area contributed by atoms with E-state index in [2.05, 4.69) is 0 Å². The molecule has 0 N–H and O–H groups in total. The molecule has 0 amide bonds. The zero-order chi connectivity index (χ0) is 12.1. The maximum atomic E-state index is 11.6. The predicted octanol–water partition coefficient (Wildman–Crippen LogP) is 1.35. The lowest BCUT2D eigenvalue weighted by molar-refractivity contribution is -0.193. The first-order chi connectivity index (χ1) is 8.24. The van der Waals surface area contributed by atoms with Gasteiger partial charge in [0.15, 0.2) is 0 Å². The number of piperidine rings is 1. The van der Waals surface area contributed by atoms with Gasteiger partial charge in [0, 0.05) is 13.0 Å². The summed E-state index contributed by atoms with van der Waals surface area (Å²) in [6.07, 6.45) is 1.59. The van der Waals surface area contributed by atoms with Crippen molar-refractivity contribution in [1.29, 1.82) is 0 Å². The molecule has 1 aliphatic rings. The Morgan fingerprint density at radius 2 is 2.06 bits per heavy atom. The van der Waals surface area contributed by atoms with Crippen LogP contribution in [0.1, 0.15) is 18.4 Å². The van der Waals surface area contributed by atoms with E-state index in [-0.39, 0.29) is 24.7 Å². The number of carbonyl (C=O) groups excluding carboxylic acids is 2. The molecule has 17 heavy (non-hydrogen) atoms. The molecule has 1 saturated heterocycles. The number of nitrogens with zero attached hydrogens (tertiary/aromatic N) is 1. The van der Waals surface area contributed by atoms with Crippen LogP contribution in [0.15, 0.2) is 30.3 Å². The third-order valence-corrected chi connectivity index (χ3v) is 2.64. The normalized spacial score (nSPS) is 16.8. The van der Waals surface area contributed by atoms with Crippen molar-refractivity contribution in [1.82, 2.24) is 5.06 Å². The van der Waals surface area contributed by atoms with Crippen LogP contribution in [-0.2, 0) is 20.8 Å². The van der Waals surface area contributed by atoms with Crippen molar-refractivity contribution in [2.75, 3.05) is 13.1 Å². The number of Topliss-reactive ketones (excluding diaryl/α,β-unsaturated/α-hetero) is 1. The first-order valence-electron chi connectivity index (χ1n) is 5.75. The third kappa shape index (κ3) is 3.67. The van der Waals surface area contributed by atoms with Crippen LogP contribution in [0.2, 0.25) is 0 Å². The van der Waals surface area contributed by atoms with Crippen molar-refractivity contribution in [2.24, 2.45) is 0 Å². The van der Waals surface area contributed by atoms with Gasteiger partial charge in [-0.1, -0.05) is 30.3 Å². The maximum absolute atomic E-state index is 11.6. The second-order valence-electron chi connectivity index (χ2n) is 4.13. The van der Waals surface area contributed by atoms with Crippen LogP contribution in [0.25, 0.3) is 0 Å². The van der Waals surface area contributed by atoms with Gasteiger partial charge in [-0.3, -0.25) is 4.79 Å². The van der Waals surface area contributed by atoms with Gasteiger partial charge in [-0.2, -0.15) is 0 Å². The summed E-state index contributed by atoms with van der Waals surface area (Å²) < 4.78 is 0. The molecule has 1 aromatic carbocycles. The van der Waals surface area contributed by atoms with Gasteiger partial charge in [0.2, 0.25) is 0 Å². The lowest BCUT2D eigenvalue weighted by Gasteiger charge is -2.23. The quantitative estimate of drug-likeness (QED) is 0.790. The molecule has 0 saturated carbocycles. The Labute approximate surface area is 100 Å². The van der Waals surface area contributed by atoms with Crippen molar-refractivity contribution < 1.29 is 14.4 Å². The molecule has 1 aromatic rings. The largest absolute Gasteiger partial charge is 0.367 e. The number of hydroxylamine groups is 2. The molecule has 2 rings (SSSR count). The lowest BCUT2D eigenvalue weighted by Crippen LogP contribution is -2.37. The molecule has 0 aromatic heterocycles. The summed E-state index contributed by atoms with van der Waals surface area (Å²) in [4.78, 5) is 27.9. The molecule has 0 unspecified atom stereocenters. The molecule has 1 heterocycles. The van der Waals surface area contributed by atoms with E-state index in [0.29, 0.717) is 13.0 Å². The molecule has 90 valence electrons. The van der Waals surface area contributed by atoms with Gasteiger partial charge < -0.3 is 4.84 Å². The van der Waals surface area contributed by atoms with Gasteiger partial charge >= 0.3 is 5.97 Å². The summed E-state index contributed by atoms with van der Waals surface area (Å²) in [6.45, 7) is 0.868. The number of hydrogen-bond donors (Lipinski definition) is 0. The summed E-state index contributed by atoms with van der Waals surface area (Å²) in [6, 6.07) is 9.42. The van der Waals surface area contributed by atoms with Gasteiger partial charge in [-0.05, 0) is 12.0 Å². The van der Waals surface area contributed by atoms with E-state index in [9.17, 15) is 9.59 Å². The van der Waals surface area contributed by atoms with Crippen LogP contribution in [0, 0.1) is 0 Å². The van der Waals surface area contributed by atoms with Crippen LogP contribution in [0.4, 0.5) is 0 Å². The van der Waals surface area contributed by atoms with Crippen LogP contribution < -0.4 is 0 Å². The van der Waals surface area contributed by atoms with Gasteiger partial charge in [-0.25, -0.2) is 4.79 Å². The number of hydrogen-bond acceptors (Lipinski definition) is 4. The topological polar surface area (TPSA) is 46.6 Å². The summed E-state index contributed by atoms with van der Waals surface area (Å²) in [5.41, 5.74) is 0.917. The van der Waals surface area contributed by atoms with Crippen LogP contribution in [0.5, 0.6) is 0 Å². The van der Waals surface area contributed by atoms with E-state index >= 15 is 0 Å². The van der Waals surface area contributed by atoms with Gasteiger partial charge in [0.05, 0.1) is 13.0 Å². The molecule has 0 atom stereocenters. The van der Waals surface area contributed by atoms with Crippen molar-refractivity contribution in [3.05, 3.63) is 35.9 Å². The van der Waals surface area contributed by atoms with Gasteiger partial charge in [0.1, 0.15) is 5.78 Å². The molecule has 1 fully saturated rings. The third-order valence-electron chi connectivity index (χ3n) is 2.64. The van der Waals surface area contributed by atoms with Crippen molar-refractivity contribution in [2.45, 2.75) is 19.3 Å². The molecular weight excluding hydrogens is 218 g/mol. The molecule has 0 bridgehead atoms. The fraction of sp³-hybridized carbons (Fsp3) is 0.385.